The predicted octanol–water partition coefficient (Wildman–Crippen LogP) is 5.41. The zero-order valence-corrected chi connectivity index (χ0v) is 18.5. The first kappa shape index (κ1) is 21.1. The van der Waals surface area contributed by atoms with Gasteiger partial charge in [-0.1, -0.05) is 29.4 Å². The average Bonchev–Trinajstić information content (AvgIpc) is 3.47. The van der Waals surface area contributed by atoms with Gasteiger partial charge in [-0.25, -0.2) is 0 Å². The summed E-state index contributed by atoms with van der Waals surface area (Å²) in [5, 5.41) is 6.27. The van der Waals surface area contributed by atoms with Gasteiger partial charge < -0.3 is 14.0 Å². The fraction of sp³-hybridized carbons (Fsp3) is 0.250. The molecule has 0 unspecified atom stereocenters. The van der Waals surface area contributed by atoms with Crippen molar-refractivity contribution in [1.29, 1.82) is 0 Å². The van der Waals surface area contributed by atoms with Crippen molar-refractivity contribution in [3.8, 4) is 22.9 Å². The second-order valence-corrected chi connectivity index (χ2v) is 8.04. The molecule has 0 bridgehead atoms. The molecule has 0 saturated heterocycles. The number of nitrogens with zero attached hydrogens (tertiary/aromatic N) is 3. The number of benzene rings is 2. The first-order valence-corrected chi connectivity index (χ1v) is 11.1. The van der Waals surface area contributed by atoms with E-state index < -0.39 is 0 Å². The number of para-hydroxylation sites is 1. The summed E-state index contributed by atoms with van der Waals surface area (Å²) >= 11 is 1.74. The monoisotopic (exact) mass is 435 g/mol. The number of hydrogen-bond acceptors (Lipinski definition) is 7. The minimum absolute atomic E-state index is 0.542. The highest BCUT2D eigenvalue weighted by molar-refractivity contribution is 7.09. The fourth-order valence-electron chi connectivity index (χ4n) is 3.36. The van der Waals surface area contributed by atoms with Crippen molar-refractivity contribution in [2.75, 3.05) is 13.7 Å². The Morgan fingerprint density at radius 1 is 0.968 bits per heavy atom. The molecule has 0 amide bonds. The van der Waals surface area contributed by atoms with Crippen LogP contribution in [0, 0.1) is 0 Å². The topological polar surface area (TPSA) is 60.6 Å². The lowest BCUT2D eigenvalue weighted by molar-refractivity contribution is 0.210. The van der Waals surface area contributed by atoms with E-state index in [2.05, 4.69) is 38.6 Å². The van der Waals surface area contributed by atoms with Gasteiger partial charge in [0.15, 0.2) is 0 Å². The number of methoxy groups -OCH3 is 1. The maximum absolute atomic E-state index is 5.58. The van der Waals surface area contributed by atoms with Crippen LogP contribution in [0.5, 0.6) is 11.5 Å². The van der Waals surface area contributed by atoms with Gasteiger partial charge in [-0.3, -0.25) is 4.90 Å². The van der Waals surface area contributed by atoms with Crippen LogP contribution in [0.3, 0.4) is 0 Å². The van der Waals surface area contributed by atoms with E-state index in [0.717, 1.165) is 29.2 Å². The largest absolute Gasteiger partial charge is 0.496 e. The van der Waals surface area contributed by atoms with E-state index in [4.69, 9.17) is 14.0 Å². The van der Waals surface area contributed by atoms with Gasteiger partial charge in [-0.05, 0) is 48.7 Å². The highest BCUT2D eigenvalue weighted by Crippen LogP contribution is 2.24. The minimum Gasteiger partial charge on any atom is -0.496 e. The second-order valence-electron chi connectivity index (χ2n) is 7.01. The van der Waals surface area contributed by atoms with Crippen LogP contribution in [0.2, 0.25) is 0 Å². The molecule has 4 rings (SSSR count). The highest BCUT2D eigenvalue weighted by Gasteiger charge is 2.16. The van der Waals surface area contributed by atoms with Crippen LogP contribution < -0.4 is 9.47 Å². The SMILES string of the molecule is CCOc1ccc(-c2noc(CN(Cc3cccs3)Cc3ccccc3OC)n2)cc1. The van der Waals surface area contributed by atoms with Gasteiger partial charge in [-0.15, -0.1) is 11.3 Å². The Kier molecular flexibility index (Phi) is 6.96. The van der Waals surface area contributed by atoms with Gasteiger partial charge in [0.05, 0.1) is 20.3 Å². The lowest BCUT2D eigenvalue weighted by atomic mass is 10.2. The summed E-state index contributed by atoms with van der Waals surface area (Å²) in [6.45, 7) is 4.64. The molecule has 0 spiro atoms. The van der Waals surface area contributed by atoms with E-state index >= 15 is 0 Å². The summed E-state index contributed by atoms with van der Waals surface area (Å²) in [6, 6.07) is 20.0. The first-order chi connectivity index (χ1) is 15.2. The smallest absolute Gasteiger partial charge is 0.241 e. The van der Waals surface area contributed by atoms with E-state index in [1.165, 1.54) is 4.88 Å². The summed E-state index contributed by atoms with van der Waals surface area (Å²) in [6.07, 6.45) is 0. The van der Waals surface area contributed by atoms with Crippen molar-refractivity contribution < 1.29 is 14.0 Å². The molecule has 2 aromatic heterocycles. The maximum atomic E-state index is 5.58. The molecule has 2 heterocycles. The van der Waals surface area contributed by atoms with Gasteiger partial charge in [0, 0.05) is 29.1 Å². The number of aromatic nitrogens is 2. The van der Waals surface area contributed by atoms with Crippen molar-refractivity contribution >= 4 is 11.3 Å². The summed E-state index contributed by atoms with van der Waals surface area (Å²) in [4.78, 5) is 8.18. The molecule has 0 aliphatic rings. The minimum atomic E-state index is 0.542. The molecular formula is C24H25N3O3S. The van der Waals surface area contributed by atoms with E-state index in [9.17, 15) is 0 Å². The fourth-order valence-corrected chi connectivity index (χ4v) is 4.11. The van der Waals surface area contributed by atoms with E-state index in [1.54, 1.807) is 18.4 Å². The van der Waals surface area contributed by atoms with Crippen LogP contribution in [0.4, 0.5) is 0 Å². The van der Waals surface area contributed by atoms with Crippen molar-refractivity contribution in [2.24, 2.45) is 0 Å². The normalized spacial score (nSPS) is 11.1. The van der Waals surface area contributed by atoms with Crippen molar-refractivity contribution in [3.63, 3.8) is 0 Å². The van der Waals surface area contributed by atoms with Crippen LogP contribution in [-0.4, -0.2) is 28.8 Å². The lowest BCUT2D eigenvalue weighted by Crippen LogP contribution is -2.22. The van der Waals surface area contributed by atoms with Gasteiger partial charge in [0.2, 0.25) is 11.7 Å². The molecule has 4 aromatic rings. The van der Waals surface area contributed by atoms with Crippen LogP contribution in [0.1, 0.15) is 23.3 Å². The van der Waals surface area contributed by atoms with Gasteiger partial charge in [0.25, 0.3) is 0 Å². The molecular weight excluding hydrogens is 410 g/mol. The number of rotatable bonds is 10. The molecule has 0 atom stereocenters. The third-order valence-corrected chi connectivity index (χ3v) is 5.66. The highest BCUT2D eigenvalue weighted by atomic mass is 32.1. The Morgan fingerprint density at radius 2 is 1.81 bits per heavy atom. The first-order valence-electron chi connectivity index (χ1n) is 10.2. The Hall–Kier alpha value is -3.16. The molecule has 2 aromatic carbocycles. The van der Waals surface area contributed by atoms with Crippen LogP contribution in [0.25, 0.3) is 11.4 Å². The lowest BCUT2D eigenvalue weighted by Gasteiger charge is -2.21. The zero-order chi connectivity index (χ0) is 21.5. The number of hydrogen-bond donors (Lipinski definition) is 0. The number of ether oxygens (including phenoxy) is 2. The van der Waals surface area contributed by atoms with E-state index in [-0.39, 0.29) is 0 Å². The van der Waals surface area contributed by atoms with Gasteiger partial charge in [-0.2, -0.15) is 4.98 Å². The van der Waals surface area contributed by atoms with Crippen molar-refractivity contribution in [2.45, 2.75) is 26.6 Å². The van der Waals surface area contributed by atoms with E-state index in [1.807, 2.05) is 49.4 Å². The Balaban J connectivity index is 1.51. The Labute approximate surface area is 186 Å². The van der Waals surface area contributed by atoms with Gasteiger partial charge in [0.1, 0.15) is 11.5 Å². The maximum Gasteiger partial charge on any atom is 0.241 e. The molecule has 31 heavy (non-hydrogen) atoms. The second kappa shape index (κ2) is 10.2. The summed E-state index contributed by atoms with van der Waals surface area (Å²) in [7, 11) is 1.70. The summed E-state index contributed by atoms with van der Waals surface area (Å²) < 4.78 is 16.6. The molecule has 0 saturated carbocycles. The third-order valence-electron chi connectivity index (χ3n) is 4.80. The molecule has 6 nitrogen and oxygen atoms in total. The quantitative estimate of drug-likeness (QED) is 0.332. The molecule has 0 fully saturated rings. The molecule has 0 N–H and O–H groups in total. The van der Waals surface area contributed by atoms with Gasteiger partial charge >= 0.3 is 0 Å². The molecule has 0 aliphatic carbocycles. The van der Waals surface area contributed by atoms with Crippen LogP contribution in [-0.2, 0) is 19.6 Å². The standard InChI is InChI=1S/C24H25N3O3S/c1-3-29-20-12-10-18(11-13-20)24-25-23(30-26-24)17-27(16-21-8-6-14-31-21)15-19-7-4-5-9-22(19)28-2/h4-14H,3,15-17H2,1-2H3. The third kappa shape index (κ3) is 5.51. The van der Waals surface area contributed by atoms with Crippen LogP contribution in [0.15, 0.2) is 70.6 Å². The van der Waals surface area contributed by atoms with Crippen molar-refractivity contribution in [1.82, 2.24) is 15.0 Å². The number of thiophene rings is 1. The van der Waals surface area contributed by atoms with Crippen molar-refractivity contribution in [3.05, 3.63) is 82.4 Å². The molecule has 0 radical (unpaired) electrons. The molecule has 7 heteroatoms. The molecule has 0 aliphatic heterocycles. The summed E-state index contributed by atoms with van der Waals surface area (Å²) in [5.41, 5.74) is 2.01. The Morgan fingerprint density at radius 3 is 2.55 bits per heavy atom. The predicted molar refractivity (Wildman–Crippen MR) is 121 cm³/mol. The average molecular weight is 436 g/mol. The zero-order valence-electron chi connectivity index (χ0n) is 17.7. The summed E-state index contributed by atoms with van der Waals surface area (Å²) in [5.74, 6) is 2.86. The van der Waals surface area contributed by atoms with Crippen LogP contribution >= 0.6 is 11.3 Å². The van der Waals surface area contributed by atoms with E-state index in [0.29, 0.717) is 31.4 Å². The molecule has 160 valence electrons. The Bertz CT molecular complexity index is 1080.